The summed E-state index contributed by atoms with van der Waals surface area (Å²) in [5, 5.41) is 3.47. The van der Waals surface area contributed by atoms with Crippen molar-refractivity contribution in [2.75, 3.05) is 6.54 Å². The number of nitrogens with zero attached hydrogens (tertiary/aromatic N) is 1. The molecule has 33 heavy (non-hydrogen) atoms. The molecule has 1 atom stereocenters. The third-order valence-corrected chi connectivity index (χ3v) is 5.60. The van der Waals surface area contributed by atoms with Crippen molar-refractivity contribution in [1.82, 2.24) is 10.2 Å². The average molecular weight is 467 g/mol. The molecule has 6 heteroatoms. The molecule has 0 spiro atoms. The summed E-state index contributed by atoms with van der Waals surface area (Å²) in [5.41, 5.74) is 2.03. The van der Waals surface area contributed by atoms with Crippen LogP contribution in [0.4, 0.5) is 4.39 Å². The van der Waals surface area contributed by atoms with Gasteiger partial charge in [0.05, 0.1) is 6.42 Å². The molecule has 0 saturated carbocycles. The smallest absolute Gasteiger partial charge is 0.243 e. The maximum absolute atomic E-state index is 14.3. The van der Waals surface area contributed by atoms with Gasteiger partial charge in [-0.1, -0.05) is 79.2 Å². The van der Waals surface area contributed by atoms with Crippen LogP contribution in [0.1, 0.15) is 30.0 Å². The number of amides is 2. The molecule has 0 aromatic heterocycles. The molecule has 0 fully saturated rings. The lowest BCUT2D eigenvalue weighted by atomic mass is 10.0. The average Bonchev–Trinajstić information content (AvgIpc) is 2.82. The Morgan fingerprint density at radius 3 is 2.36 bits per heavy atom. The van der Waals surface area contributed by atoms with Gasteiger partial charge >= 0.3 is 0 Å². The molecule has 3 aromatic carbocycles. The zero-order chi connectivity index (χ0) is 23.6. The van der Waals surface area contributed by atoms with E-state index in [0.29, 0.717) is 23.6 Å². The molecule has 172 valence electrons. The Kier molecular flexibility index (Phi) is 9.02. The van der Waals surface area contributed by atoms with Crippen LogP contribution in [-0.4, -0.2) is 29.3 Å². The van der Waals surface area contributed by atoms with Gasteiger partial charge in [0.25, 0.3) is 0 Å². The summed E-state index contributed by atoms with van der Waals surface area (Å²) >= 11 is 6.17. The molecule has 0 heterocycles. The van der Waals surface area contributed by atoms with E-state index in [1.165, 1.54) is 11.0 Å². The van der Waals surface area contributed by atoms with Gasteiger partial charge in [0, 0.05) is 24.5 Å². The second kappa shape index (κ2) is 12.2. The van der Waals surface area contributed by atoms with Crippen molar-refractivity contribution < 1.29 is 14.0 Å². The Morgan fingerprint density at radius 2 is 1.67 bits per heavy atom. The number of carbonyl (C=O) groups excluding carboxylic acids is 2. The van der Waals surface area contributed by atoms with Gasteiger partial charge in [-0.05, 0) is 41.3 Å². The largest absolute Gasteiger partial charge is 0.354 e. The quantitative estimate of drug-likeness (QED) is 0.447. The number of carbonyl (C=O) groups is 2. The van der Waals surface area contributed by atoms with Gasteiger partial charge in [0.15, 0.2) is 0 Å². The first-order valence-corrected chi connectivity index (χ1v) is 11.4. The zero-order valence-corrected chi connectivity index (χ0v) is 19.4. The molecule has 0 bridgehead atoms. The molecule has 4 nitrogen and oxygen atoms in total. The summed E-state index contributed by atoms with van der Waals surface area (Å²) in [4.78, 5) is 28.3. The SMILES string of the molecule is CCCNC(=O)[C@@H](Cc1ccccc1)N(Cc1cccc(Cl)c1)C(=O)Cc1ccccc1F. The van der Waals surface area contributed by atoms with E-state index in [0.717, 1.165) is 17.5 Å². The topological polar surface area (TPSA) is 49.4 Å². The van der Waals surface area contributed by atoms with Crippen LogP contribution in [0.15, 0.2) is 78.9 Å². The number of nitrogens with one attached hydrogen (secondary N) is 1. The van der Waals surface area contributed by atoms with Crippen molar-refractivity contribution in [3.05, 3.63) is 106 Å². The molecule has 3 rings (SSSR count). The highest BCUT2D eigenvalue weighted by molar-refractivity contribution is 6.30. The molecule has 3 aromatic rings. The maximum atomic E-state index is 14.3. The fourth-order valence-electron chi connectivity index (χ4n) is 3.66. The first kappa shape index (κ1) is 24.5. The van der Waals surface area contributed by atoms with E-state index in [1.807, 2.05) is 43.3 Å². The monoisotopic (exact) mass is 466 g/mol. The summed E-state index contributed by atoms with van der Waals surface area (Å²) in [6.07, 6.45) is 0.987. The van der Waals surface area contributed by atoms with Crippen molar-refractivity contribution in [3.8, 4) is 0 Å². The van der Waals surface area contributed by atoms with Crippen LogP contribution in [-0.2, 0) is 29.0 Å². The van der Waals surface area contributed by atoms with Gasteiger partial charge in [-0.3, -0.25) is 9.59 Å². The van der Waals surface area contributed by atoms with Crippen LogP contribution >= 0.6 is 11.6 Å². The number of hydrogen-bond donors (Lipinski definition) is 1. The molecule has 1 N–H and O–H groups in total. The first-order valence-electron chi connectivity index (χ1n) is 11.1. The highest BCUT2D eigenvalue weighted by atomic mass is 35.5. The summed E-state index contributed by atoms with van der Waals surface area (Å²) < 4.78 is 14.3. The van der Waals surface area contributed by atoms with Crippen LogP contribution in [0.25, 0.3) is 0 Å². The van der Waals surface area contributed by atoms with Crippen LogP contribution in [0.5, 0.6) is 0 Å². The van der Waals surface area contributed by atoms with E-state index in [4.69, 9.17) is 11.6 Å². The minimum absolute atomic E-state index is 0.139. The van der Waals surface area contributed by atoms with Crippen molar-refractivity contribution >= 4 is 23.4 Å². The second-order valence-corrected chi connectivity index (χ2v) is 8.35. The number of halogens is 2. The maximum Gasteiger partial charge on any atom is 0.243 e. The Labute approximate surface area is 199 Å². The first-order chi connectivity index (χ1) is 16.0. The summed E-state index contributed by atoms with van der Waals surface area (Å²) in [5.74, 6) is -0.999. The van der Waals surface area contributed by atoms with E-state index in [9.17, 15) is 14.0 Å². The van der Waals surface area contributed by atoms with Crippen molar-refractivity contribution in [3.63, 3.8) is 0 Å². The van der Waals surface area contributed by atoms with E-state index >= 15 is 0 Å². The number of hydrogen-bond acceptors (Lipinski definition) is 2. The van der Waals surface area contributed by atoms with Gasteiger partial charge in [-0.25, -0.2) is 4.39 Å². The molecular weight excluding hydrogens is 439 g/mol. The normalized spacial score (nSPS) is 11.6. The zero-order valence-electron chi connectivity index (χ0n) is 18.6. The minimum Gasteiger partial charge on any atom is -0.354 e. The molecule has 2 amide bonds. The summed E-state index contributed by atoms with van der Waals surface area (Å²) in [6.45, 7) is 2.67. The van der Waals surface area contributed by atoms with Crippen LogP contribution < -0.4 is 5.32 Å². The highest BCUT2D eigenvalue weighted by Crippen LogP contribution is 2.19. The highest BCUT2D eigenvalue weighted by Gasteiger charge is 2.30. The van der Waals surface area contributed by atoms with Gasteiger partial charge in [-0.2, -0.15) is 0 Å². The number of rotatable bonds is 10. The third-order valence-electron chi connectivity index (χ3n) is 5.36. The van der Waals surface area contributed by atoms with E-state index in [-0.39, 0.29) is 24.8 Å². The van der Waals surface area contributed by atoms with E-state index in [1.54, 1.807) is 36.4 Å². The lowest BCUT2D eigenvalue weighted by Gasteiger charge is -2.31. The standard InChI is InChI=1S/C27H28ClFN2O2/c1-2-15-30-27(33)25(17-20-9-4-3-5-10-20)31(19-21-11-8-13-23(28)16-21)26(32)18-22-12-6-7-14-24(22)29/h3-14,16,25H,2,15,17-19H2,1H3,(H,30,33)/t25-/m1/s1. The molecule has 0 aliphatic heterocycles. The second-order valence-electron chi connectivity index (χ2n) is 7.92. The molecule has 0 saturated heterocycles. The van der Waals surface area contributed by atoms with E-state index in [2.05, 4.69) is 5.32 Å². The lowest BCUT2D eigenvalue weighted by molar-refractivity contribution is -0.140. The van der Waals surface area contributed by atoms with E-state index < -0.39 is 11.9 Å². The summed E-state index contributed by atoms with van der Waals surface area (Å²) in [7, 11) is 0. The predicted molar refractivity (Wildman–Crippen MR) is 129 cm³/mol. The van der Waals surface area contributed by atoms with Crippen LogP contribution in [0.2, 0.25) is 5.02 Å². The Bertz CT molecular complexity index is 1070. The van der Waals surface area contributed by atoms with Gasteiger partial charge in [0.2, 0.25) is 11.8 Å². The number of benzene rings is 3. The van der Waals surface area contributed by atoms with Crippen LogP contribution in [0.3, 0.4) is 0 Å². The summed E-state index contributed by atoms with van der Waals surface area (Å²) in [6, 6.07) is 22.2. The predicted octanol–water partition coefficient (Wildman–Crippen LogP) is 5.19. The molecule has 0 unspecified atom stereocenters. The van der Waals surface area contributed by atoms with Gasteiger partial charge < -0.3 is 10.2 Å². The Hall–Kier alpha value is -3.18. The van der Waals surface area contributed by atoms with Crippen LogP contribution in [0, 0.1) is 5.82 Å². The molecule has 0 radical (unpaired) electrons. The molecular formula is C27H28ClFN2O2. The fourth-order valence-corrected chi connectivity index (χ4v) is 3.87. The minimum atomic E-state index is -0.753. The van der Waals surface area contributed by atoms with Gasteiger partial charge in [-0.15, -0.1) is 0 Å². The van der Waals surface area contributed by atoms with Crippen molar-refractivity contribution in [2.24, 2.45) is 0 Å². The third kappa shape index (κ3) is 7.16. The lowest BCUT2D eigenvalue weighted by Crippen LogP contribution is -2.51. The van der Waals surface area contributed by atoms with Crippen molar-refractivity contribution in [1.29, 1.82) is 0 Å². The van der Waals surface area contributed by atoms with Gasteiger partial charge in [0.1, 0.15) is 11.9 Å². The molecule has 0 aliphatic carbocycles. The van der Waals surface area contributed by atoms with Crippen molar-refractivity contribution in [2.45, 2.75) is 38.8 Å². The Balaban J connectivity index is 1.96. The Morgan fingerprint density at radius 1 is 0.970 bits per heavy atom. The fraction of sp³-hybridized carbons (Fsp3) is 0.259. The molecule has 0 aliphatic rings.